The van der Waals surface area contributed by atoms with E-state index in [2.05, 4.69) is 15.8 Å². The highest BCUT2D eigenvalue weighted by atomic mass is 32.1. The fourth-order valence-electron chi connectivity index (χ4n) is 1.87. The Morgan fingerprint density at radius 2 is 2.12 bits per heavy atom. The normalized spacial score (nSPS) is 10.6. The van der Waals surface area contributed by atoms with Crippen LogP contribution in [0.5, 0.6) is 11.5 Å². The Bertz CT molecular complexity index is 799. The van der Waals surface area contributed by atoms with E-state index in [1.807, 2.05) is 0 Å². The van der Waals surface area contributed by atoms with E-state index in [0.29, 0.717) is 21.5 Å². The predicted octanol–water partition coefficient (Wildman–Crippen LogP) is 2.52. The number of phenols is 1. The van der Waals surface area contributed by atoms with Gasteiger partial charge in [0.15, 0.2) is 17.3 Å². The molecule has 7 nitrogen and oxygen atoms in total. The highest BCUT2D eigenvalue weighted by Crippen LogP contribution is 2.27. The van der Waals surface area contributed by atoms with Crippen LogP contribution in [-0.2, 0) is 4.79 Å². The zero-order valence-electron chi connectivity index (χ0n) is 13.4. The maximum atomic E-state index is 12.3. The molecule has 0 fully saturated rings. The maximum Gasteiger partial charge on any atom is 0.235 e. The number of hydrogen-bond acceptors (Lipinski definition) is 7. The number of benzene rings is 1. The van der Waals surface area contributed by atoms with Crippen molar-refractivity contribution in [1.29, 1.82) is 0 Å². The molecule has 0 radical (unpaired) electrons. The second-order valence-electron chi connectivity index (χ2n) is 4.87. The number of allylic oxidation sites excluding steroid dienone is 1. The summed E-state index contributed by atoms with van der Waals surface area (Å²) in [7, 11) is 1.46. The Balaban J connectivity index is 2.13. The van der Waals surface area contributed by atoms with Crippen molar-refractivity contribution in [2.24, 2.45) is 0 Å². The summed E-state index contributed by atoms with van der Waals surface area (Å²) >= 11 is 1.15. The summed E-state index contributed by atoms with van der Waals surface area (Å²) in [6.07, 6.45) is 3.05. The highest BCUT2D eigenvalue weighted by Gasteiger charge is 2.13. The molecule has 1 amide bonds. The molecule has 0 unspecified atom stereocenters. The van der Waals surface area contributed by atoms with Gasteiger partial charge in [-0.1, -0.05) is 23.5 Å². The number of hydrazine groups is 1. The van der Waals surface area contributed by atoms with Gasteiger partial charge in [0.05, 0.1) is 17.7 Å². The number of amides is 1. The van der Waals surface area contributed by atoms with Gasteiger partial charge in [-0.3, -0.25) is 20.4 Å². The van der Waals surface area contributed by atoms with Gasteiger partial charge in [0.25, 0.3) is 0 Å². The molecule has 24 heavy (non-hydrogen) atoms. The lowest BCUT2D eigenvalue weighted by Crippen LogP contribution is -2.26. The van der Waals surface area contributed by atoms with Gasteiger partial charge in [-0.25, -0.2) is 4.98 Å². The zero-order chi connectivity index (χ0) is 17.7. The van der Waals surface area contributed by atoms with Gasteiger partial charge in [0.1, 0.15) is 0 Å². The second-order valence-corrected chi connectivity index (χ2v) is 5.87. The lowest BCUT2D eigenvalue weighted by Gasteiger charge is -2.03. The number of aromatic nitrogens is 1. The lowest BCUT2D eigenvalue weighted by atomic mass is 10.1. The summed E-state index contributed by atoms with van der Waals surface area (Å²) < 4.78 is 5.03. The topological polar surface area (TPSA) is 101 Å². The van der Waals surface area contributed by atoms with Crippen LogP contribution in [0, 0.1) is 6.92 Å². The van der Waals surface area contributed by atoms with E-state index in [9.17, 15) is 14.7 Å². The van der Waals surface area contributed by atoms with E-state index in [1.165, 1.54) is 26.2 Å². The number of rotatable bonds is 6. The number of ketones is 1. The fraction of sp³-hybridized carbons (Fsp3) is 0.188. The summed E-state index contributed by atoms with van der Waals surface area (Å²) in [5.74, 6) is -0.0850. The zero-order valence-corrected chi connectivity index (χ0v) is 14.2. The Kier molecular flexibility index (Phi) is 5.54. The van der Waals surface area contributed by atoms with Gasteiger partial charge in [0, 0.05) is 6.92 Å². The number of ether oxygens (including phenoxy) is 1. The molecule has 0 spiro atoms. The average Bonchev–Trinajstić information content (AvgIpc) is 2.93. The van der Waals surface area contributed by atoms with Crippen LogP contribution in [0.1, 0.15) is 27.9 Å². The smallest absolute Gasteiger partial charge is 0.235 e. The van der Waals surface area contributed by atoms with Crippen LogP contribution in [-0.4, -0.2) is 28.9 Å². The third-order valence-corrected chi connectivity index (χ3v) is 4.08. The molecule has 2 aromatic rings. The van der Waals surface area contributed by atoms with Gasteiger partial charge >= 0.3 is 0 Å². The molecule has 8 heteroatoms. The maximum absolute atomic E-state index is 12.3. The average molecular weight is 347 g/mol. The third kappa shape index (κ3) is 4.32. The monoisotopic (exact) mass is 347 g/mol. The molecule has 1 aromatic carbocycles. The number of methoxy groups -OCH3 is 1. The molecule has 0 aliphatic rings. The first-order valence-electron chi connectivity index (χ1n) is 7.00. The summed E-state index contributed by atoms with van der Waals surface area (Å²) in [6.45, 7) is 3.09. The van der Waals surface area contributed by atoms with Crippen molar-refractivity contribution in [3.8, 4) is 11.5 Å². The minimum absolute atomic E-state index is 0.0352. The standard InChI is InChI=1S/C16H17N3O4S/c1-9-15(24-16(17-9)19-18-10(2)20)13(22)7-5-11-4-6-12(21)14(8-11)23-3/h4-8,21H,1-3H3,(H,17,19)(H,18,20)/b7-5-. The van der Waals surface area contributed by atoms with Crippen LogP contribution in [0.3, 0.4) is 0 Å². The van der Waals surface area contributed by atoms with Crippen LogP contribution in [0.4, 0.5) is 5.13 Å². The van der Waals surface area contributed by atoms with E-state index in [-0.39, 0.29) is 17.4 Å². The molecule has 0 saturated heterocycles. The fourth-order valence-corrected chi connectivity index (χ4v) is 2.71. The van der Waals surface area contributed by atoms with Crippen molar-refractivity contribution in [2.75, 3.05) is 12.5 Å². The van der Waals surface area contributed by atoms with E-state index in [1.54, 1.807) is 25.1 Å². The number of aryl methyl sites for hydroxylation is 1. The molecule has 3 N–H and O–H groups in total. The van der Waals surface area contributed by atoms with E-state index in [4.69, 9.17) is 4.74 Å². The van der Waals surface area contributed by atoms with Crippen LogP contribution < -0.4 is 15.6 Å². The van der Waals surface area contributed by atoms with E-state index >= 15 is 0 Å². The first kappa shape index (κ1) is 17.5. The van der Waals surface area contributed by atoms with Gasteiger partial charge in [-0.15, -0.1) is 0 Å². The molecule has 2 rings (SSSR count). The molecule has 0 atom stereocenters. The van der Waals surface area contributed by atoms with E-state index in [0.717, 1.165) is 16.9 Å². The van der Waals surface area contributed by atoms with Crippen LogP contribution in [0.25, 0.3) is 6.08 Å². The Morgan fingerprint density at radius 1 is 1.38 bits per heavy atom. The molecule has 0 aliphatic carbocycles. The first-order valence-corrected chi connectivity index (χ1v) is 7.81. The molecule has 0 aliphatic heterocycles. The minimum Gasteiger partial charge on any atom is -0.504 e. The summed E-state index contributed by atoms with van der Waals surface area (Å²) in [6, 6.07) is 4.80. The number of carbonyl (C=O) groups excluding carboxylic acids is 2. The van der Waals surface area contributed by atoms with Crippen molar-refractivity contribution in [2.45, 2.75) is 13.8 Å². The Labute approximate surface area is 143 Å². The van der Waals surface area contributed by atoms with Crippen molar-refractivity contribution in [3.05, 3.63) is 40.4 Å². The predicted molar refractivity (Wildman–Crippen MR) is 92.3 cm³/mol. The van der Waals surface area contributed by atoms with Crippen molar-refractivity contribution in [3.63, 3.8) is 0 Å². The van der Waals surface area contributed by atoms with Crippen LogP contribution in [0.2, 0.25) is 0 Å². The van der Waals surface area contributed by atoms with Gasteiger partial charge in [0.2, 0.25) is 11.0 Å². The molecular weight excluding hydrogens is 330 g/mol. The number of hydrogen-bond donors (Lipinski definition) is 3. The number of nitrogens with zero attached hydrogens (tertiary/aromatic N) is 1. The number of anilines is 1. The molecule has 0 bridgehead atoms. The van der Waals surface area contributed by atoms with Gasteiger partial charge in [-0.05, 0) is 30.7 Å². The largest absolute Gasteiger partial charge is 0.504 e. The number of aromatic hydroxyl groups is 1. The highest BCUT2D eigenvalue weighted by molar-refractivity contribution is 7.17. The number of nitrogens with one attached hydrogen (secondary N) is 2. The lowest BCUT2D eigenvalue weighted by molar-refractivity contribution is -0.118. The number of thiazole rings is 1. The molecule has 126 valence electrons. The van der Waals surface area contributed by atoms with Crippen molar-refractivity contribution < 1.29 is 19.4 Å². The van der Waals surface area contributed by atoms with Gasteiger partial charge < -0.3 is 9.84 Å². The van der Waals surface area contributed by atoms with Crippen molar-refractivity contribution >= 4 is 34.2 Å². The van der Waals surface area contributed by atoms with E-state index < -0.39 is 0 Å². The Hall–Kier alpha value is -2.87. The minimum atomic E-state index is -0.253. The third-order valence-electron chi connectivity index (χ3n) is 3.00. The summed E-state index contributed by atoms with van der Waals surface area (Å²) in [5, 5.41) is 10.00. The van der Waals surface area contributed by atoms with Crippen LogP contribution >= 0.6 is 11.3 Å². The molecular formula is C16H17N3O4S. The molecule has 0 saturated carbocycles. The Morgan fingerprint density at radius 3 is 2.79 bits per heavy atom. The van der Waals surface area contributed by atoms with Crippen LogP contribution in [0.15, 0.2) is 24.3 Å². The SMILES string of the molecule is COc1cc(/C=C\C(=O)c2sc(NNC(C)=O)nc2C)ccc1O. The first-order chi connectivity index (χ1) is 11.4. The quantitative estimate of drug-likeness (QED) is 0.422. The molecule has 1 heterocycles. The number of carbonyl (C=O) groups is 2. The number of phenolic OH excluding ortho intramolecular Hbond substituents is 1. The van der Waals surface area contributed by atoms with Crippen molar-refractivity contribution in [1.82, 2.24) is 10.4 Å². The van der Waals surface area contributed by atoms with Gasteiger partial charge in [-0.2, -0.15) is 0 Å². The molecule has 1 aromatic heterocycles. The summed E-state index contributed by atoms with van der Waals surface area (Å²) in [5.41, 5.74) is 6.35. The second kappa shape index (κ2) is 7.60. The summed E-state index contributed by atoms with van der Waals surface area (Å²) in [4.78, 5) is 27.8.